The van der Waals surface area contributed by atoms with Crippen molar-refractivity contribution in [1.29, 1.82) is 0 Å². The van der Waals surface area contributed by atoms with Gasteiger partial charge >= 0.3 is 0 Å². The van der Waals surface area contributed by atoms with Gasteiger partial charge in [-0.05, 0) is 60.7 Å². The number of carbonyl (C=O) groups is 1. The quantitative estimate of drug-likeness (QED) is 0.550. The highest BCUT2D eigenvalue weighted by Gasteiger charge is 2.23. The Kier molecular flexibility index (Phi) is 6.48. The number of methoxy groups -OCH3 is 1. The van der Waals surface area contributed by atoms with Gasteiger partial charge in [-0.1, -0.05) is 18.2 Å². The summed E-state index contributed by atoms with van der Waals surface area (Å²) in [4.78, 5) is 17.5. The van der Waals surface area contributed by atoms with Crippen molar-refractivity contribution in [2.75, 3.05) is 13.7 Å². The van der Waals surface area contributed by atoms with Gasteiger partial charge in [0.25, 0.3) is 5.91 Å². The Morgan fingerprint density at radius 1 is 1.16 bits per heavy atom. The van der Waals surface area contributed by atoms with E-state index in [-0.39, 0.29) is 12.5 Å². The fraction of sp³-hybridized carbons (Fsp3) is 0.280. The van der Waals surface area contributed by atoms with Crippen molar-refractivity contribution in [3.05, 3.63) is 77.5 Å². The Balaban J connectivity index is 1.59. The van der Waals surface area contributed by atoms with E-state index in [4.69, 9.17) is 9.47 Å². The molecule has 0 atom stereocenters. The smallest absolute Gasteiger partial charge is 0.255 e. The lowest BCUT2D eigenvalue weighted by atomic mass is 10.0. The summed E-state index contributed by atoms with van der Waals surface area (Å²) in [6, 6.07) is 16.7. The molecule has 0 radical (unpaired) electrons. The first-order valence-electron chi connectivity index (χ1n) is 10.4. The van der Waals surface area contributed by atoms with E-state index in [0.717, 1.165) is 16.9 Å². The number of nitrogens with one attached hydrogen (secondary N) is 1. The topological polar surface area (TPSA) is 80.7 Å². The lowest BCUT2D eigenvalue weighted by molar-refractivity contribution is 0.0946. The van der Waals surface area contributed by atoms with E-state index in [1.54, 1.807) is 25.4 Å². The molecule has 1 aromatic heterocycles. The number of aliphatic hydroxyl groups is 1. The van der Waals surface area contributed by atoms with E-state index in [0.29, 0.717) is 41.6 Å². The molecule has 1 fully saturated rings. The van der Waals surface area contributed by atoms with Crippen molar-refractivity contribution in [2.45, 2.75) is 26.0 Å². The fourth-order valence-corrected chi connectivity index (χ4v) is 3.36. The standard InChI is InChI=1S/C25H26N2O4/c1-30-21-6-2-4-18(12-21)14-27-25(29)22-13-19(24-20(15-28)5-3-11-26-24)9-10-23(22)31-16-17-7-8-17/h2-6,9-13,17,28H,7-8,14-16H2,1H3,(H,27,29). The second-order valence-corrected chi connectivity index (χ2v) is 7.67. The second kappa shape index (κ2) is 9.62. The fourth-order valence-electron chi connectivity index (χ4n) is 3.36. The zero-order valence-electron chi connectivity index (χ0n) is 17.5. The summed E-state index contributed by atoms with van der Waals surface area (Å²) in [7, 11) is 1.62. The van der Waals surface area contributed by atoms with E-state index in [2.05, 4.69) is 10.3 Å². The number of hydrogen-bond donors (Lipinski definition) is 2. The van der Waals surface area contributed by atoms with E-state index >= 15 is 0 Å². The average molecular weight is 418 g/mol. The first-order chi connectivity index (χ1) is 15.2. The normalized spacial score (nSPS) is 13.0. The number of rotatable bonds is 9. The molecular weight excluding hydrogens is 392 g/mol. The van der Waals surface area contributed by atoms with Gasteiger partial charge in [-0.25, -0.2) is 0 Å². The number of hydrogen-bond acceptors (Lipinski definition) is 5. The summed E-state index contributed by atoms with van der Waals surface area (Å²) in [5.41, 5.74) is 3.51. The summed E-state index contributed by atoms with van der Waals surface area (Å²) >= 11 is 0. The molecule has 0 saturated heterocycles. The van der Waals surface area contributed by atoms with Crippen LogP contribution in [-0.2, 0) is 13.2 Å². The molecule has 0 spiro atoms. The van der Waals surface area contributed by atoms with Crippen LogP contribution >= 0.6 is 0 Å². The van der Waals surface area contributed by atoms with Crippen LogP contribution in [-0.4, -0.2) is 29.7 Å². The molecule has 2 aromatic carbocycles. The number of ether oxygens (including phenoxy) is 2. The Morgan fingerprint density at radius 2 is 2.03 bits per heavy atom. The maximum absolute atomic E-state index is 13.1. The molecule has 1 aliphatic carbocycles. The third-order valence-electron chi connectivity index (χ3n) is 5.32. The number of pyridine rings is 1. The Morgan fingerprint density at radius 3 is 2.81 bits per heavy atom. The minimum atomic E-state index is -0.225. The van der Waals surface area contributed by atoms with Crippen molar-refractivity contribution < 1.29 is 19.4 Å². The third kappa shape index (κ3) is 5.22. The molecule has 2 N–H and O–H groups in total. The molecule has 3 aromatic rings. The van der Waals surface area contributed by atoms with Crippen LogP contribution in [0.15, 0.2) is 60.8 Å². The number of carbonyl (C=O) groups excluding carboxylic acids is 1. The van der Waals surface area contributed by atoms with Crippen LogP contribution in [0.25, 0.3) is 11.3 Å². The van der Waals surface area contributed by atoms with Crippen LogP contribution < -0.4 is 14.8 Å². The van der Waals surface area contributed by atoms with Gasteiger partial charge in [0, 0.05) is 23.9 Å². The number of aromatic nitrogens is 1. The predicted octanol–water partition coefficient (Wildman–Crippen LogP) is 3.97. The van der Waals surface area contributed by atoms with Crippen molar-refractivity contribution in [2.24, 2.45) is 5.92 Å². The van der Waals surface area contributed by atoms with Gasteiger partial charge in [0.05, 0.1) is 31.6 Å². The van der Waals surface area contributed by atoms with Crippen LogP contribution in [0.3, 0.4) is 0 Å². The summed E-state index contributed by atoms with van der Waals surface area (Å²) in [6.07, 6.45) is 4.01. The van der Waals surface area contributed by atoms with E-state index in [1.807, 2.05) is 42.5 Å². The highest BCUT2D eigenvalue weighted by atomic mass is 16.5. The molecule has 1 heterocycles. The summed E-state index contributed by atoms with van der Waals surface area (Å²) in [5.74, 6) is 1.65. The Labute approximate surface area is 181 Å². The number of nitrogens with zero attached hydrogens (tertiary/aromatic N) is 1. The highest BCUT2D eigenvalue weighted by molar-refractivity contribution is 5.98. The molecule has 1 amide bonds. The molecule has 0 aliphatic heterocycles. The van der Waals surface area contributed by atoms with Crippen molar-refractivity contribution in [3.8, 4) is 22.8 Å². The van der Waals surface area contributed by atoms with Crippen LogP contribution in [0.2, 0.25) is 0 Å². The molecule has 0 unspecified atom stereocenters. The number of amides is 1. The van der Waals surface area contributed by atoms with E-state index in [1.165, 1.54) is 12.8 Å². The Hall–Kier alpha value is -3.38. The maximum Gasteiger partial charge on any atom is 0.255 e. The summed E-state index contributed by atoms with van der Waals surface area (Å²) in [6.45, 7) is 0.856. The number of aliphatic hydroxyl groups excluding tert-OH is 1. The zero-order valence-corrected chi connectivity index (χ0v) is 17.5. The van der Waals surface area contributed by atoms with Crippen LogP contribution in [0.5, 0.6) is 11.5 Å². The third-order valence-corrected chi connectivity index (χ3v) is 5.32. The van der Waals surface area contributed by atoms with Gasteiger partial charge in [0.15, 0.2) is 0 Å². The molecule has 31 heavy (non-hydrogen) atoms. The molecular formula is C25H26N2O4. The number of benzene rings is 2. The highest BCUT2D eigenvalue weighted by Crippen LogP contribution is 2.32. The molecule has 4 rings (SSSR count). The van der Waals surface area contributed by atoms with Crippen molar-refractivity contribution in [3.63, 3.8) is 0 Å². The SMILES string of the molecule is COc1cccc(CNC(=O)c2cc(-c3ncccc3CO)ccc2OCC2CC2)c1. The molecule has 1 aliphatic rings. The van der Waals surface area contributed by atoms with Gasteiger partial charge in [0.2, 0.25) is 0 Å². The van der Waals surface area contributed by atoms with Gasteiger partial charge in [-0.15, -0.1) is 0 Å². The van der Waals surface area contributed by atoms with Gasteiger partial charge in [-0.2, -0.15) is 0 Å². The Bertz CT molecular complexity index is 1060. The van der Waals surface area contributed by atoms with Crippen LogP contribution in [0.1, 0.15) is 34.3 Å². The van der Waals surface area contributed by atoms with E-state index in [9.17, 15) is 9.90 Å². The first-order valence-corrected chi connectivity index (χ1v) is 10.4. The minimum absolute atomic E-state index is 0.125. The summed E-state index contributed by atoms with van der Waals surface area (Å²) < 4.78 is 11.2. The zero-order chi connectivity index (χ0) is 21.6. The maximum atomic E-state index is 13.1. The molecule has 6 nitrogen and oxygen atoms in total. The summed E-state index contributed by atoms with van der Waals surface area (Å²) in [5, 5.41) is 12.6. The van der Waals surface area contributed by atoms with Gasteiger partial charge in [0.1, 0.15) is 11.5 Å². The lowest BCUT2D eigenvalue weighted by Gasteiger charge is -2.14. The monoisotopic (exact) mass is 418 g/mol. The van der Waals surface area contributed by atoms with Crippen LogP contribution in [0.4, 0.5) is 0 Å². The predicted molar refractivity (Wildman–Crippen MR) is 118 cm³/mol. The minimum Gasteiger partial charge on any atom is -0.497 e. The van der Waals surface area contributed by atoms with Crippen molar-refractivity contribution >= 4 is 5.91 Å². The first kappa shape index (κ1) is 20.9. The van der Waals surface area contributed by atoms with Crippen molar-refractivity contribution in [1.82, 2.24) is 10.3 Å². The van der Waals surface area contributed by atoms with Gasteiger partial charge < -0.3 is 19.9 Å². The lowest BCUT2D eigenvalue weighted by Crippen LogP contribution is -2.23. The average Bonchev–Trinajstić information content (AvgIpc) is 3.66. The molecule has 6 heteroatoms. The molecule has 160 valence electrons. The van der Waals surface area contributed by atoms with E-state index < -0.39 is 0 Å². The molecule has 0 bridgehead atoms. The second-order valence-electron chi connectivity index (χ2n) is 7.67. The molecule has 1 saturated carbocycles. The largest absolute Gasteiger partial charge is 0.497 e. The van der Waals surface area contributed by atoms with Crippen LogP contribution in [0, 0.1) is 5.92 Å². The van der Waals surface area contributed by atoms with Gasteiger partial charge in [-0.3, -0.25) is 9.78 Å².